The van der Waals surface area contributed by atoms with Crippen molar-refractivity contribution in [3.8, 4) is 0 Å². The van der Waals surface area contributed by atoms with Gasteiger partial charge in [-0.25, -0.2) is 0 Å². The van der Waals surface area contributed by atoms with Crippen molar-refractivity contribution in [2.24, 2.45) is 0 Å². The van der Waals surface area contributed by atoms with Crippen molar-refractivity contribution in [1.29, 1.82) is 0 Å². The lowest BCUT2D eigenvalue weighted by molar-refractivity contribution is 0.103. The van der Waals surface area contributed by atoms with Crippen molar-refractivity contribution in [1.82, 2.24) is 5.32 Å². The van der Waals surface area contributed by atoms with Gasteiger partial charge in [0.2, 0.25) is 0 Å². The Morgan fingerprint density at radius 1 is 1.36 bits per heavy atom. The van der Waals surface area contributed by atoms with Gasteiger partial charge in [0.15, 0.2) is 5.78 Å². The molecular weight excluding hydrogens is 198 g/mol. The van der Waals surface area contributed by atoms with Crippen LogP contribution in [-0.4, -0.2) is 12.8 Å². The second-order valence-electron chi connectivity index (χ2n) is 3.24. The van der Waals surface area contributed by atoms with Gasteiger partial charge in [-0.15, -0.1) is 0 Å². The summed E-state index contributed by atoms with van der Waals surface area (Å²) in [6.07, 6.45) is 0. The molecule has 72 valence electrons. The fourth-order valence-corrected chi connectivity index (χ4v) is 2.05. The molecule has 0 saturated heterocycles. The van der Waals surface area contributed by atoms with Gasteiger partial charge in [-0.3, -0.25) is 4.79 Å². The average Bonchev–Trinajstić information content (AvgIpc) is 2.43. The Balaban J connectivity index is 2.74. The lowest BCUT2D eigenvalue weighted by Gasteiger charge is -2.05. The van der Waals surface area contributed by atoms with E-state index in [1.54, 1.807) is 25.2 Å². The molecule has 0 aromatic heterocycles. The molecule has 0 unspecified atom stereocenters. The molecule has 0 heterocycles. The van der Waals surface area contributed by atoms with Crippen LogP contribution in [0.15, 0.2) is 23.8 Å². The van der Waals surface area contributed by atoms with Gasteiger partial charge in [0, 0.05) is 23.7 Å². The summed E-state index contributed by atoms with van der Waals surface area (Å²) in [5.74, 6) is 0.0619. The Morgan fingerprint density at radius 3 is 2.71 bits per heavy atom. The van der Waals surface area contributed by atoms with E-state index >= 15 is 0 Å². The third kappa shape index (κ3) is 1.07. The predicted molar refractivity (Wildman–Crippen MR) is 57.4 cm³/mol. The summed E-state index contributed by atoms with van der Waals surface area (Å²) in [4.78, 5) is 11.8. The monoisotopic (exact) mass is 207 g/mol. The Hall–Kier alpha value is -1.28. The van der Waals surface area contributed by atoms with E-state index in [9.17, 15) is 4.79 Å². The molecule has 0 aliphatic heterocycles. The normalized spacial score (nSPS) is 14.6. The number of hydrogen-bond donors (Lipinski definition) is 1. The highest BCUT2D eigenvalue weighted by Crippen LogP contribution is 2.35. The molecule has 1 aromatic rings. The lowest BCUT2D eigenvalue weighted by atomic mass is 10.1. The molecule has 0 amide bonds. The maximum Gasteiger partial charge on any atom is 0.191 e. The van der Waals surface area contributed by atoms with E-state index in [0.717, 1.165) is 16.8 Å². The fourth-order valence-electron chi connectivity index (χ4n) is 1.78. The summed E-state index contributed by atoms with van der Waals surface area (Å²) in [6.45, 7) is 1.81. The quantitative estimate of drug-likeness (QED) is 0.767. The van der Waals surface area contributed by atoms with Crippen LogP contribution in [0.5, 0.6) is 0 Å². The van der Waals surface area contributed by atoms with Gasteiger partial charge in [0.25, 0.3) is 0 Å². The van der Waals surface area contributed by atoms with Crippen LogP contribution >= 0.6 is 11.6 Å². The molecule has 14 heavy (non-hydrogen) atoms. The number of benzene rings is 1. The first-order valence-electron chi connectivity index (χ1n) is 4.39. The van der Waals surface area contributed by atoms with Crippen molar-refractivity contribution in [2.75, 3.05) is 7.05 Å². The molecule has 1 aliphatic rings. The number of halogens is 1. The lowest BCUT2D eigenvalue weighted by Crippen LogP contribution is -2.04. The first-order chi connectivity index (χ1) is 6.66. The Kier molecular flexibility index (Phi) is 2.08. The number of carbonyl (C=O) groups is 1. The molecule has 1 aliphatic carbocycles. The summed E-state index contributed by atoms with van der Waals surface area (Å²) in [7, 11) is 1.80. The van der Waals surface area contributed by atoms with Crippen molar-refractivity contribution >= 4 is 23.1 Å². The molecule has 1 N–H and O–H groups in total. The minimum absolute atomic E-state index is 0.0619. The van der Waals surface area contributed by atoms with Crippen LogP contribution in [0.3, 0.4) is 0 Å². The van der Waals surface area contributed by atoms with Crippen LogP contribution in [0.2, 0.25) is 5.02 Å². The Labute approximate surface area is 87.6 Å². The highest BCUT2D eigenvalue weighted by Gasteiger charge is 2.27. The molecule has 0 saturated carbocycles. The number of hydrogen-bond acceptors (Lipinski definition) is 2. The van der Waals surface area contributed by atoms with E-state index in [-0.39, 0.29) is 5.78 Å². The van der Waals surface area contributed by atoms with Gasteiger partial charge in [-0.2, -0.15) is 0 Å². The summed E-state index contributed by atoms with van der Waals surface area (Å²) in [5.41, 5.74) is 3.10. The molecule has 2 nitrogen and oxygen atoms in total. The van der Waals surface area contributed by atoms with E-state index in [1.807, 2.05) is 6.92 Å². The number of ketones is 1. The topological polar surface area (TPSA) is 29.1 Å². The van der Waals surface area contributed by atoms with E-state index < -0.39 is 0 Å². The Bertz CT molecular complexity index is 449. The fraction of sp³-hybridized carbons (Fsp3) is 0.182. The summed E-state index contributed by atoms with van der Waals surface area (Å²) >= 11 is 6.05. The third-order valence-electron chi connectivity index (χ3n) is 2.47. The number of rotatable bonds is 1. The first-order valence-corrected chi connectivity index (χ1v) is 4.77. The molecule has 1 aromatic carbocycles. The zero-order valence-corrected chi connectivity index (χ0v) is 8.77. The van der Waals surface area contributed by atoms with Crippen LogP contribution in [0, 0.1) is 0 Å². The molecule has 0 bridgehead atoms. The first kappa shape index (κ1) is 9.28. The number of Topliss-reactive ketones (excluding diaryl/α,β-unsaturated/α-hetero) is 1. The van der Waals surface area contributed by atoms with Crippen LogP contribution < -0.4 is 5.32 Å². The van der Waals surface area contributed by atoms with E-state index in [0.29, 0.717) is 10.6 Å². The zero-order valence-electron chi connectivity index (χ0n) is 8.02. The van der Waals surface area contributed by atoms with Gasteiger partial charge in [0.05, 0.1) is 10.7 Å². The average molecular weight is 208 g/mol. The van der Waals surface area contributed by atoms with Gasteiger partial charge in [0.1, 0.15) is 0 Å². The summed E-state index contributed by atoms with van der Waals surface area (Å²) in [6, 6.07) is 5.39. The van der Waals surface area contributed by atoms with Gasteiger partial charge >= 0.3 is 0 Å². The maximum absolute atomic E-state index is 11.8. The summed E-state index contributed by atoms with van der Waals surface area (Å²) < 4.78 is 0. The van der Waals surface area contributed by atoms with Gasteiger partial charge < -0.3 is 5.32 Å². The van der Waals surface area contributed by atoms with E-state index in [4.69, 9.17) is 11.6 Å². The molecular formula is C11H10ClNO. The molecule has 2 rings (SSSR count). The standard InChI is InChI=1S/C11H10ClNO/c1-6-10(13-2)9-7(11(6)14)4-3-5-8(9)12/h3-5,13H,1-2H3. The second-order valence-corrected chi connectivity index (χ2v) is 3.65. The van der Waals surface area contributed by atoms with Crippen LogP contribution in [0.1, 0.15) is 22.8 Å². The molecule has 0 fully saturated rings. The zero-order chi connectivity index (χ0) is 10.3. The van der Waals surface area contributed by atoms with Crippen molar-refractivity contribution in [3.05, 3.63) is 39.9 Å². The SMILES string of the molecule is CNC1=C(C)C(=O)c2cccc(Cl)c21. The maximum atomic E-state index is 11.8. The van der Waals surface area contributed by atoms with Crippen molar-refractivity contribution < 1.29 is 4.79 Å². The number of nitrogens with one attached hydrogen (secondary N) is 1. The van der Waals surface area contributed by atoms with Crippen molar-refractivity contribution in [2.45, 2.75) is 6.92 Å². The molecule has 0 atom stereocenters. The highest BCUT2D eigenvalue weighted by molar-refractivity contribution is 6.35. The van der Waals surface area contributed by atoms with Gasteiger partial charge in [-0.05, 0) is 13.0 Å². The third-order valence-corrected chi connectivity index (χ3v) is 2.79. The Morgan fingerprint density at radius 2 is 2.07 bits per heavy atom. The van der Waals surface area contributed by atoms with Gasteiger partial charge in [-0.1, -0.05) is 23.7 Å². The van der Waals surface area contributed by atoms with Crippen LogP contribution in [-0.2, 0) is 0 Å². The van der Waals surface area contributed by atoms with Crippen LogP contribution in [0.4, 0.5) is 0 Å². The highest BCUT2D eigenvalue weighted by atomic mass is 35.5. The number of carbonyl (C=O) groups excluding carboxylic acids is 1. The smallest absolute Gasteiger partial charge is 0.191 e. The van der Waals surface area contributed by atoms with Crippen molar-refractivity contribution in [3.63, 3.8) is 0 Å². The second kappa shape index (κ2) is 3.14. The minimum Gasteiger partial charge on any atom is -0.387 e. The largest absolute Gasteiger partial charge is 0.387 e. The molecule has 0 radical (unpaired) electrons. The summed E-state index contributed by atoms with van der Waals surface area (Å²) in [5, 5.41) is 3.64. The number of fused-ring (bicyclic) bond motifs is 1. The number of allylic oxidation sites excluding steroid dienone is 1. The minimum atomic E-state index is 0.0619. The van der Waals surface area contributed by atoms with E-state index in [2.05, 4.69) is 5.32 Å². The molecule has 0 spiro atoms. The van der Waals surface area contributed by atoms with E-state index in [1.165, 1.54) is 0 Å². The predicted octanol–water partition coefficient (Wildman–Crippen LogP) is 2.49. The van der Waals surface area contributed by atoms with Crippen LogP contribution in [0.25, 0.3) is 5.70 Å². The molecule has 3 heteroatoms.